The quantitative estimate of drug-likeness (QED) is 0.711. The lowest BCUT2D eigenvalue weighted by Gasteiger charge is -2.24. The number of para-hydroxylation sites is 1. The van der Waals surface area contributed by atoms with Crippen LogP contribution in [0.2, 0.25) is 0 Å². The summed E-state index contributed by atoms with van der Waals surface area (Å²) < 4.78 is 36.5. The Kier molecular flexibility index (Phi) is 1.99. The zero-order valence-electron chi connectivity index (χ0n) is 7.62. The summed E-state index contributed by atoms with van der Waals surface area (Å²) >= 11 is 0. The lowest BCUT2D eigenvalue weighted by Crippen LogP contribution is -2.32. The molecular weight excluding hydrogens is 205 g/mol. The van der Waals surface area contributed by atoms with Crippen LogP contribution >= 0.6 is 0 Å². The number of nitrogens with one attached hydrogen (secondary N) is 1. The van der Waals surface area contributed by atoms with Crippen molar-refractivity contribution in [2.45, 2.75) is 17.9 Å². The van der Waals surface area contributed by atoms with Gasteiger partial charge >= 0.3 is 0 Å². The van der Waals surface area contributed by atoms with Crippen molar-refractivity contribution in [3.8, 4) is 0 Å². The molecule has 1 aliphatic heterocycles. The largest absolute Gasteiger partial charge is 0.378 e. The Labute approximate surface area is 81.9 Å². The molecule has 1 N–H and O–H groups in total. The average molecular weight is 215 g/mol. The lowest BCUT2D eigenvalue weighted by atomic mass is 10.2. The SMILES string of the molecule is CC1CS(=O)(=O)c2cccc(F)c2N1. The maximum atomic E-state index is 13.3. The number of hydrogen-bond donors (Lipinski definition) is 1. The highest BCUT2D eigenvalue weighted by Gasteiger charge is 2.29. The van der Waals surface area contributed by atoms with E-state index in [2.05, 4.69) is 5.32 Å². The number of rotatable bonds is 0. The van der Waals surface area contributed by atoms with Crippen molar-refractivity contribution in [3.05, 3.63) is 24.0 Å². The van der Waals surface area contributed by atoms with Crippen LogP contribution in [0.1, 0.15) is 6.92 Å². The maximum absolute atomic E-state index is 13.3. The molecule has 0 fully saturated rings. The molecule has 0 saturated heterocycles. The first-order chi connectivity index (χ1) is 6.50. The van der Waals surface area contributed by atoms with Gasteiger partial charge in [0.05, 0.1) is 16.3 Å². The molecule has 0 bridgehead atoms. The number of sulfone groups is 1. The van der Waals surface area contributed by atoms with Gasteiger partial charge in [-0.05, 0) is 19.1 Å². The van der Waals surface area contributed by atoms with Gasteiger partial charge in [-0.2, -0.15) is 0 Å². The summed E-state index contributed by atoms with van der Waals surface area (Å²) in [6, 6.07) is 3.83. The second-order valence-corrected chi connectivity index (χ2v) is 5.44. The number of anilines is 1. The molecule has 0 aliphatic carbocycles. The van der Waals surface area contributed by atoms with Gasteiger partial charge in [0.25, 0.3) is 0 Å². The van der Waals surface area contributed by atoms with Crippen LogP contribution in [0.15, 0.2) is 23.1 Å². The first-order valence-corrected chi connectivity index (χ1v) is 5.94. The van der Waals surface area contributed by atoms with E-state index in [0.29, 0.717) is 0 Å². The van der Waals surface area contributed by atoms with Crippen molar-refractivity contribution in [3.63, 3.8) is 0 Å². The molecule has 1 aliphatic rings. The first-order valence-electron chi connectivity index (χ1n) is 4.28. The zero-order valence-corrected chi connectivity index (χ0v) is 8.44. The molecule has 14 heavy (non-hydrogen) atoms. The average Bonchev–Trinajstić information content (AvgIpc) is 2.05. The van der Waals surface area contributed by atoms with Crippen molar-refractivity contribution in [2.75, 3.05) is 11.1 Å². The molecule has 0 amide bonds. The molecule has 0 saturated carbocycles. The molecule has 1 heterocycles. The minimum absolute atomic E-state index is 0.0173. The summed E-state index contributed by atoms with van der Waals surface area (Å²) in [5.41, 5.74) is 0.103. The van der Waals surface area contributed by atoms with Crippen LogP contribution in [-0.4, -0.2) is 20.2 Å². The Hall–Kier alpha value is -1.10. The maximum Gasteiger partial charge on any atom is 0.182 e. The van der Waals surface area contributed by atoms with Gasteiger partial charge in [-0.15, -0.1) is 0 Å². The van der Waals surface area contributed by atoms with Gasteiger partial charge in [-0.3, -0.25) is 0 Å². The fourth-order valence-electron chi connectivity index (χ4n) is 1.61. The molecular formula is C9H10FNO2S. The van der Waals surface area contributed by atoms with Crippen LogP contribution in [0.5, 0.6) is 0 Å². The molecule has 1 atom stereocenters. The summed E-state index contributed by atoms with van der Waals surface area (Å²) in [6.07, 6.45) is 0. The highest BCUT2D eigenvalue weighted by molar-refractivity contribution is 7.91. The third-order valence-electron chi connectivity index (χ3n) is 2.17. The van der Waals surface area contributed by atoms with E-state index in [1.54, 1.807) is 6.92 Å². The Morgan fingerprint density at radius 2 is 2.21 bits per heavy atom. The van der Waals surface area contributed by atoms with Crippen LogP contribution in [0, 0.1) is 5.82 Å². The van der Waals surface area contributed by atoms with Crippen molar-refractivity contribution in [1.29, 1.82) is 0 Å². The summed E-state index contributed by atoms with van der Waals surface area (Å²) in [4.78, 5) is 0.0654. The van der Waals surface area contributed by atoms with Gasteiger partial charge in [-0.25, -0.2) is 12.8 Å². The normalized spacial score (nSPS) is 23.7. The van der Waals surface area contributed by atoms with E-state index in [-0.39, 0.29) is 22.4 Å². The predicted molar refractivity (Wildman–Crippen MR) is 51.5 cm³/mol. The Morgan fingerprint density at radius 3 is 2.93 bits per heavy atom. The number of fused-ring (bicyclic) bond motifs is 1. The summed E-state index contributed by atoms with van der Waals surface area (Å²) in [5, 5.41) is 2.83. The van der Waals surface area contributed by atoms with Gasteiger partial charge in [-0.1, -0.05) is 6.07 Å². The van der Waals surface area contributed by atoms with E-state index in [9.17, 15) is 12.8 Å². The van der Waals surface area contributed by atoms with Crippen molar-refractivity contribution >= 4 is 15.5 Å². The minimum Gasteiger partial charge on any atom is -0.378 e. The lowest BCUT2D eigenvalue weighted by molar-refractivity contribution is 0.580. The van der Waals surface area contributed by atoms with E-state index in [1.165, 1.54) is 18.2 Å². The molecule has 0 aromatic heterocycles. The third kappa shape index (κ3) is 1.37. The van der Waals surface area contributed by atoms with E-state index in [0.717, 1.165) is 0 Å². The molecule has 76 valence electrons. The highest BCUT2D eigenvalue weighted by Crippen LogP contribution is 2.30. The predicted octanol–water partition coefficient (Wildman–Crippen LogP) is 1.41. The van der Waals surface area contributed by atoms with E-state index < -0.39 is 15.7 Å². The van der Waals surface area contributed by atoms with Crippen molar-refractivity contribution < 1.29 is 12.8 Å². The van der Waals surface area contributed by atoms with Crippen LogP contribution in [0.25, 0.3) is 0 Å². The summed E-state index contributed by atoms with van der Waals surface area (Å²) in [7, 11) is -3.32. The summed E-state index contributed by atoms with van der Waals surface area (Å²) in [5.74, 6) is -0.499. The molecule has 0 radical (unpaired) electrons. The second-order valence-electron chi connectivity index (χ2n) is 3.44. The molecule has 2 rings (SSSR count). The van der Waals surface area contributed by atoms with E-state index >= 15 is 0 Å². The van der Waals surface area contributed by atoms with Crippen LogP contribution in [0.4, 0.5) is 10.1 Å². The van der Waals surface area contributed by atoms with Crippen LogP contribution < -0.4 is 5.32 Å². The smallest absolute Gasteiger partial charge is 0.182 e. The monoisotopic (exact) mass is 215 g/mol. The highest BCUT2D eigenvalue weighted by atomic mass is 32.2. The van der Waals surface area contributed by atoms with Gasteiger partial charge < -0.3 is 5.32 Å². The molecule has 1 aromatic carbocycles. The van der Waals surface area contributed by atoms with Gasteiger partial charge in [0, 0.05) is 6.04 Å². The summed E-state index contributed by atoms with van der Waals surface area (Å²) in [6.45, 7) is 1.72. The van der Waals surface area contributed by atoms with Gasteiger partial charge in [0.15, 0.2) is 9.84 Å². The third-order valence-corrected chi connectivity index (χ3v) is 4.12. The zero-order chi connectivity index (χ0) is 10.3. The minimum atomic E-state index is -3.32. The van der Waals surface area contributed by atoms with Gasteiger partial charge in [0.2, 0.25) is 0 Å². The fraction of sp³-hybridized carbons (Fsp3) is 0.333. The Morgan fingerprint density at radius 1 is 1.50 bits per heavy atom. The van der Waals surface area contributed by atoms with E-state index in [1.807, 2.05) is 0 Å². The number of benzene rings is 1. The first kappa shape index (κ1) is 9.45. The van der Waals surface area contributed by atoms with Crippen LogP contribution in [0.3, 0.4) is 0 Å². The van der Waals surface area contributed by atoms with Crippen molar-refractivity contribution in [1.82, 2.24) is 0 Å². The van der Waals surface area contributed by atoms with E-state index in [4.69, 9.17) is 0 Å². The molecule has 3 nitrogen and oxygen atoms in total. The van der Waals surface area contributed by atoms with Gasteiger partial charge in [0.1, 0.15) is 5.82 Å². The van der Waals surface area contributed by atoms with Crippen LogP contribution in [-0.2, 0) is 9.84 Å². The fourth-order valence-corrected chi connectivity index (χ4v) is 3.29. The Bertz CT molecular complexity index is 470. The standard InChI is InChI=1S/C9H10FNO2S/c1-6-5-14(12,13)8-4-2-3-7(10)9(8)11-6/h2-4,6,11H,5H2,1H3. The molecule has 5 heteroatoms. The number of halogens is 1. The van der Waals surface area contributed by atoms with Crippen molar-refractivity contribution in [2.24, 2.45) is 0 Å². The molecule has 1 aromatic rings. The molecule has 0 spiro atoms. The number of hydrogen-bond acceptors (Lipinski definition) is 3. The topological polar surface area (TPSA) is 46.2 Å². The second kappa shape index (κ2) is 2.95. The molecule has 1 unspecified atom stereocenters. The Balaban J connectivity index is 2.69.